The third-order valence-corrected chi connectivity index (χ3v) is 5.25. The van der Waals surface area contributed by atoms with E-state index in [2.05, 4.69) is 41.3 Å². The lowest BCUT2D eigenvalue weighted by Gasteiger charge is -2.39. The first kappa shape index (κ1) is 23.9. The standard InChI is InChI=1S/C21H32FN5O.HI/c1-4-23-20(26-15-21(2,3)27-9-11-28-12-10-27)24-8-7-16-14-25-19-13-17(22)5-6-18(16)19;/h5-6,13-14,25H,4,7-12,15H2,1-3H3,(H2,23,24,26);1H. The molecule has 1 saturated heterocycles. The Balaban J connectivity index is 0.00000300. The highest BCUT2D eigenvalue weighted by molar-refractivity contribution is 14.0. The van der Waals surface area contributed by atoms with Crippen molar-refractivity contribution in [3.05, 3.63) is 35.8 Å². The second kappa shape index (κ2) is 11.1. The number of aliphatic imine (C=N–C) groups is 1. The van der Waals surface area contributed by atoms with Crippen molar-refractivity contribution < 1.29 is 9.13 Å². The minimum Gasteiger partial charge on any atom is -0.379 e. The third kappa shape index (κ3) is 6.55. The molecule has 0 spiro atoms. The lowest BCUT2D eigenvalue weighted by molar-refractivity contribution is -0.00683. The maximum Gasteiger partial charge on any atom is 0.191 e. The summed E-state index contributed by atoms with van der Waals surface area (Å²) in [7, 11) is 0. The highest BCUT2D eigenvalue weighted by Gasteiger charge is 2.28. The molecule has 29 heavy (non-hydrogen) atoms. The van der Waals surface area contributed by atoms with Gasteiger partial charge < -0.3 is 20.4 Å². The number of hydrogen-bond acceptors (Lipinski definition) is 3. The molecule has 0 amide bonds. The largest absolute Gasteiger partial charge is 0.379 e. The van der Waals surface area contributed by atoms with Gasteiger partial charge in [0.1, 0.15) is 5.82 Å². The first-order chi connectivity index (χ1) is 13.5. The number of rotatable bonds is 7. The fourth-order valence-corrected chi connectivity index (χ4v) is 3.56. The van der Waals surface area contributed by atoms with Gasteiger partial charge in [-0.25, -0.2) is 4.39 Å². The number of fused-ring (bicyclic) bond motifs is 1. The first-order valence-electron chi connectivity index (χ1n) is 10.1. The van der Waals surface area contributed by atoms with Gasteiger partial charge in [0.15, 0.2) is 5.96 Å². The maximum absolute atomic E-state index is 13.3. The highest BCUT2D eigenvalue weighted by atomic mass is 127. The Morgan fingerprint density at radius 1 is 1.28 bits per heavy atom. The average molecular weight is 517 g/mol. The summed E-state index contributed by atoms with van der Waals surface area (Å²) in [5.74, 6) is 0.609. The van der Waals surface area contributed by atoms with E-state index in [1.807, 2.05) is 12.3 Å². The van der Waals surface area contributed by atoms with E-state index >= 15 is 0 Å². The van der Waals surface area contributed by atoms with Gasteiger partial charge >= 0.3 is 0 Å². The Labute approximate surface area is 189 Å². The molecule has 3 rings (SSSR count). The number of ether oxygens (including phenoxy) is 1. The molecule has 0 atom stereocenters. The number of halogens is 2. The van der Waals surface area contributed by atoms with E-state index in [4.69, 9.17) is 9.73 Å². The molecule has 1 aromatic carbocycles. The van der Waals surface area contributed by atoms with Crippen molar-refractivity contribution in [2.45, 2.75) is 32.7 Å². The summed E-state index contributed by atoms with van der Waals surface area (Å²) < 4.78 is 18.8. The van der Waals surface area contributed by atoms with E-state index in [1.165, 1.54) is 17.7 Å². The van der Waals surface area contributed by atoms with E-state index in [0.717, 1.165) is 62.7 Å². The number of benzene rings is 1. The second-order valence-electron chi connectivity index (χ2n) is 7.79. The van der Waals surface area contributed by atoms with Crippen LogP contribution in [0.15, 0.2) is 29.4 Å². The summed E-state index contributed by atoms with van der Waals surface area (Å²) in [5.41, 5.74) is 2.00. The zero-order valence-corrected chi connectivity index (χ0v) is 19.9. The van der Waals surface area contributed by atoms with Crippen molar-refractivity contribution in [3.8, 4) is 0 Å². The fraction of sp³-hybridized carbons (Fsp3) is 0.571. The van der Waals surface area contributed by atoms with Crippen molar-refractivity contribution in [1.29, 1.82) is 0 Å². The lowest BCUT2D eigenvalue weighted by Crippen LogP contribution is -2.52. The van der Waals surface area contributed by atoms with Gasteiger partial charge in [-0.05, 0) is 51.0 Å². The van der Waals surface area contributed by atoms with E-state index in [0.29, 0.717) is 6.54 Å². The van der Waals surface area contributed by atoms with Crippen LogP contribution in [0.25, 0.3) is 10.9 Å². The van der Waals surface area contributed by atoms with Crippen LogP contribution in [0.2, 0.25) is 0 Å². The minimum absolute atomic E-state index is 0. The van der Waals surface area contributed by atoms with E-state index in [1.54, 1.807) is 0 Å². The number of aromatic amines is 1. The van der Waals surface area contributed by atoms with Crippen LogP contribution in [0.4, 0.5) is 4.39 Å². The summed E-state index contributed by atoms with van der Waals surface area (Å²) in [5, 5.41) is 7.81. The molecule has 1 fully saturated rings. The summed E-state index contributed by atoms with van der Waals surface area (Å²) in [6.07, 6.45) is 2.79. The van der Waals surface area contributed by atoms with Crippen LogP contribution >= 0.6 is 24.0 Å². The van der Waals surface area contributed by atoms with Crippen molar-refractivity contribution in [2.75, 3.05) is 45.9 Å². The maximum atomic E-state index is 13.3. The minimum atomic E-state index is -0.219. The second-order valence-corrected chi connectivity index (χ2v) is 7.79. The van der Waals surface area contributed by atoms with Crippen LogP contribution < -0.4 is 10.6 Å². The van der Waals surface area contributed by atoms with Crippen molar-refractivity contribution >= 4 is 40.8 Å². The molecule has 0 unspecified atom stereocenters. The molecule has 2 heterocycles. The molecule has 1 aliphatic heterocycles. The predicted molar refractivity (Wildman–Crippen MR) is 128 cm³/mol. The molecular weight excluding hydrogens is 484 g/mol. The molecule has 1 aliphatic rings. The molecule has 0 bridgehead atoms. The number of hydrogen-bond donors (Lipinski definition) is 3. The molecule has 8 heteroatoms. The topological polar surface area (TPSA) is 64.7 Å². The normalized spacial score (nSPS) is 15.9. The molecular formula is C21H33FIN5O. The van der Waals surface area contributed by atoms with Gasteiger partial charge in [-0.2, -0.15) is 0 Å². The van der Waals surface area contributed by atoms with Crippen LogP contribution in [-0.4, -0.2) is 67.3 Å². The van der Waals surface area contributed by atoms with Crippen molar-refractivity contribution in [2.24, 2.45) is 4.99 Å². The Kier molecular flexibility index (Phi) is 9.16. The number of H-pyrrole nitrogens is 1. The van der Waals surface area contributed by atoms with Gasteiger partial charge in [0, 0.05) is 48.8 Å². The van der Waals surface area contributed by atoms with Crippen molar-refractivity contribution in [1.82, 2.24) is 20.5 Å². The summed E-state index contributed by atoms with van der Waals surface area (Å²) in [4.78, 5) is 10.4. The molecule has 2 aromatic rings. The zero-order chi connectivity index (χ0) is 20.0. The predicted octanol–water partition coefficient (Wildman–Crippen LogP) is 3.13. The van der Waals surface area contributed by atoms with Crippen LogP contribution in [0, 0.1) is 5.82 Å². The van der Waals surface area contributed by atoms with Crippen molar-refractivity contribution in [3.63, 3.8) is 0 Å². The number of nitrogens with zero attached hydrogens (tertiary/aromatic N) is 2. The lowest BCUT2D eigenvalue weighted by atomic mass is 10.0. The third-order valence-electron chi connectivity index (χ3n) is 5.25. The first-order valence-corrected chi connectivity index (χ1v) is 10.1. The van der Waals surface area contributed by atoms with Crippen LogP contribution in [0.1, 0.15) is 26.3 Å². The Hall–Kier alpha value is -1.39. The molecule has 162 valence electrons. The molecule has 0 saturated carbocycles. The quantitative estimate of drug-likeness (QED) is 0.300. The summed E-state index contributed by atoms with van der Waals surface area (Å²) in [6, 6.07) is 4.87. The van der Waals surface area contributed by atoms with Crippen LogP contribution in [0.5, 0.6) is 0 Å². The number of nitrogens with one attached hydrogen (secondary N) is 3. The average Bonchev–Trinajstić information content (AvgIpc) is 3.09. The zero-order valence-electron chi connectivity index (χ0n) is 17.6. The van der Waals surface area contributed by atoms with E-state index in [-0.39, 0.29) is 35.3 Å². The van der Waals surface area contributed by atoms with Gasteiger partial charge in [-0.15, -0.1) is 24.0 Å². The Morgan fingerprint density at radius 3 is 2.76 bits per heavy atom. The summed E-state index contributed by atoms with van der Waals surface area (Å²) >= 11 is 0. The van der Waals surface area contributed by atoms with Crippen LogP contribution in [0.3, 0.4) is 0 Å². The van der Waals surface area contributed by atoms with E-state index in [9.17, 15) is 4.39 Å². The summed E-state index contributed by atoms with van der Waals surface area (Å²) in [6.45, 7) is 12.3. The van der Waals surface area contributed by atoms with Gasteiger partial charge in [0.05, 0.1) is 19.8 Å². The number of aromatic nitrogens is 1. The fourth-order valence-electron chi connectivity index (χ4n) is 3.56. The SMILES string of the molecule is CCNC(=NCC(C)(C)N1CCOCC1)NCCc1c[nH]c2cc(F)ccc12.I. The van der Waals surface area contributed by atoms with E-state index < -0.39 is 0 Å². The van der Waals surface area contributed by atoms with Gasteiger partial charge in [0.2, 0.25) is 0 Å². The Bertz CT molecular complexity index is 801. The molecule has 6 nitrogen and oxygen atoms in total. The molecule has 3 N–H and O–H groups in total. The number of guanidine groups is 1. The molecule has 1 aromatic heterocycles. The monoisotopic (exact) mass is 517 g/mol. The highest BCUT2D eigenvalue weighted by Crippen LogP contribution is 2.19. The van der Waals surface area contributed by atoms with Gasteiger partial charge in [-0.3, -0.25) is 9.89 Å². The van der Waals surface area contributed by atoms with Crippen LogP contribution in [-0.2, 0) is 11.2 Å². The number of morpholine rings is 1. The molecule has 0 aliphatic carbocycles. The Morgan fingerprint density at radius 2 is 2.03 bits per heavy atom. The smallest absolute Gasteiger partial charge is 0.191 e. The molecule has 0 radical (unpaired) electrons. The van der Waals surface area contributed by atoms with Gasteiger partial charge in [-0.1, -0.05) is 0 Å². The van der Waals surface area contributed by atoms with Gasteiger partial charge in [0.25, 0.3) is 0 Å².